The maximum atomic E-state index is 12.0. The summed E-state index contributed by atoms with van der Waals surface area (Å²) in [6.45, 7) is 7.99. The van der Waals surface area contributed by atoms with Gasteiger partial charge in [0.15, 0.2) is 0 Å². The van der Waals surface area contributed by atoms with Gasteiger partial charge >= 0.3 is 5.97 Å². The number of aryl methyl sites for hydroxylation is 1. The van der Waals surface area contributed by atoms with Crippen molar-refractivity contribution in [2.45, 2.75) is 33.6 Å². The number of carbonyl (C=O) groups is 1. The summed E-state index contributed by atoms with van der Waals surface area (Å²) in [5.74, 6) is 0.253. The molecule has 1 heterocycles. The lowest BCUT2D eigenvalue weighted by Crippen LogP contribution is -2.07. The van der Waals surface area contributed by atoms with Crippen LogP contribution in [0, 0.1) is 6.92 Å². The molecule has 0 amide bonds. The number of hydrogen-bond acceptors (Lipinski definition) is 4. The van der Waals surface area contributed by atoms with E-state index in [1.807, 2.05) is 39.0 Å². The number of ether oxygens (including phenoxy) is 1. The van der Waals surface area contributed by atoms with E-state index in [0.717, 1.165) is 15.6 Å². The standard InChI is InChI=1S/C16H18BrNO3/c1-5-20-16(19)14-13(9(2)3)18-15(21-14)12-8-11(17)7-6-10(12)4/h6-9H,5H2,1-4H3. The molecule has 0 bridgehead atoms. The summed E-state index contributed by atoms with van der Waals surface area (Å²) in [7, 11) is 0. The van der Waals surface area contributed by atoms with Crippen molar-refractivity contribution < 1.29 is 13.9 Å². The minimum atomic E-state index is -0.465. The van der Waals surface area contributed by atoms with Gasteiger partial charge in [0.05, 0.1) is 12.3 Å². The molecule has 1 aromatic carbocycles. The molecule has 0 radical (unpaired) electrons. The van der Waals surface area contributed by atoms with Crippen LogP contribution in [0.2, 0.25) is 0 Å². The molecule has 0 unspecified atom stereocenters. The summed E-state index contributed by atoms with van der Waals surface area (Å²) in [6, 6.07) is 5.86. The molecule has 0 atom stereocenters. The summed E-state index contributed by atoms with van der Waals surface area (Å²) in [4.78, 5) is 16.5. The zero-order valence-electron chi connectivity index (χ0n) is 12.6. The molecule has 0 aliphatic heterocycles. The van der Waals surface area contributed by atoms with Crippen molar-refractivity contribution in [1.29, 1.82) is 0 Å². The third-order valence-electron chi connectivity index (χ3n) is 3.09. The molecule has 0 N–H and O–H groups in total. The first kappa shape index (κ1) is 15.8. The Bertz CT molecular complexity index is 662. The van der Waals surface area contributed by atoms with Gasteiger partial charge in [0, 0.05) is 10.0 Å². The molecule has 0 saturated carbocycles. The first-order valence-electron chi connectivity index (χ1n) is 6.88. The Morgan fingerprint density at radius 1 is 1.43 bits per heavy atom. The Morgan fingerprint density at radius 2 is 2.14 bits per heavy atom. The Hall–Kier alpha value is -1.62. The fraction of sp³-hybridized carbons (Fsp3) is 0.375. The summed E-state index contributed by atoms with van der Waals surface area (Å²) in [5, 5.41) is 0. The SMILES string of the molecule is CCOC(=O)c1oc(-c2cc(Br)ccc2C)nc1C(C)C. The Morgan fingerprint density at radius 3 is 2.76 bits per heavy atom. The minimum Gasteiger partial charge on any atom is -0.460 e. The highest BCUT2D eigenvalue weighted by atomic mass is 79.9. The molecule has 0 spiro atoms. The van der Waals surface area contributed by atoms with Crippen molar-refractivity contribution in [3.05, 3.63) is 39.7 Å². The lowest BCUT2D eigenvalue weighted by molar-refractivity contribution is 0.0488. The molecule has 2 aromatic rings. The number of rotatable bonds is 4. The summed E-state index contributed by atoms with van der Waals surface area (Å²) in [6.07, 6.45) is 0. The molecule has 0 fully saturated rings. The average molecular weight is 352 g/mol. The number of nitrogens with zero attached hydrogens (tertiary/aromatic N) is 1. The highest BCUT2D eigenvalue weighted by Gasteiger charge is 2.24. The first-order chi connectivity index (χ1) is 9.93. The number of halogens is 1. The van der Waals surface area contributed by atoms with Gasteiger partial charge in [0.1, 0.15) is 0 Å². The predicted molar refractivity (Wildman–Crippen MR) is 84.4 cm³/mol. The molecule has 2 rings (SSSR count). The lowest BCUT2D eigenvalue weighted by Gasteiger charge is -2.02. The Kier molecular flexibility index (Phi) is 4.83. The van der Waals surface area contributed by atoms with Crippen LogP contribution in [0.25, 0.3) is 11.5 Å². The Balaban J connectivity index is 2.53. The van der Waals surface area contributed by atoms with Crippen molar-refractivity contribution in [2.24, 2.45) is 0 Å². The van der Waals surface area contributed by atoms with E-state index >= 15 is 0 Å². The number of oxazole rings is 1. The predicted octanol–water partition coefficient (Wildman–Crippen LogP) is 4.71. The molecule has 21 heavy (non-hydrogen) atoms. The van der Waals surface area contributed by atoms with Crippen molar-refractivity contribution in [3.8, 4) is 11.5 Å². The van der Waals surface area contributed by atoms with E-state index in [1.54, 1.807) is 6.92 Å². The average Bonchev–Trinajstić information content (AvgIpc) is 2.87. The summed E-state index contributed by atoms with van der Waals surface area (Å²) >= 11 is 3.44. The lowest BCUT2D eigenvalue weighted by atomic mass is 10.1. The zero-order chi connectivity index (χ0) is 15.6. The van der Waals surface area contributed by atoms with Gasteiger partial charge in [0.2, 0.25) is 11.7 Å². The van der Waals surface area contributed by atoms with Crippen LogP contribution in [0.1, 0.15) is 48.5 Å². The highest BCUT2D eigenvalue weighted by Crippen LogP contribution is 2.30. The molecule has 4 nitrogen and oxygen atoms in total. The number of hydrogen-bond donors (Lipinski definition) is 0. The van der Waals surface area contributed by atoms with Crippen LogP contribution >= 0.6 is 15.9 Å². The number of esters is 1. The molecule has 0 saturated heterocycles. The van der Waals surface area contributed by atoms with E-state index in [-0.39, 0.29) is 11.7 Å². The van der Waals surface area contributed by atoms with Gasteiger partial charge in [0.25, 0.3) is 0 Å². The van der Waals surface area contributed by atoms with Gasteiger partial charge in [-0.1, -0.05) is 35.8 Å². The van der Waals surface area contributed by atoms with Crippen LogP contribution in [0.15, 0.2) is 27.1 Å². The second-order valence-electron chi connectivity index (χ2n) is 5.07. The van der Waals surface area contributed by atoms with Gasteiger partial charge in [-0.05, 0) is 37.5 Å². The monoisotopic (exact) mass is 351 g/mol. The van der Waals surface area contributed by atoms with Crippen LogP contribution < -0.4 is 0 Å². The maximum absolute atomic E-state index is 12.0. The summed E-state index contributed by atoms with van der Waals surface area (Å²) < 4.78 is 11.7. The van der Waals surface area contributed by atoms with E-state index in [2.05, 4.69) is 20.9 Å². The van der Waals surface area contributed by atoms with Crippen LogP contribution in [-0.2, 0) is 4.74 Å². The summed E-state index contributed by atoms with van der Waals surface area (Å²) in [5.41, 5.74) is 2.52. The molecule has 5 heteroatoms. The molecule has 0 aliphatic carbocycles. The van der Waals surface area contributed by atoms with Gasteiger partial charge in [-0.2, -0.15) is 0 Å². The third-order valence-corrected chi connectivity index (χ3v) is 3.58. The van der Waals surface area contributed by atoms with E-state index in [0.29, 0.717) is 18.2 Å². The van der Waals surface area contributed by atoms with Crippen molar-refractivity contribution in [3.63, 3.8) is 0 Å². The molecule has 0 aliphatic rings. The number of benzene rings is 1. The first-order valence-corrected chi connectivity index (χ1v) is 7.67. The molecule has 1 aromatic heterocycles. The van der Waals surface area contributed by atoms with E-state index < -0.39 is 5.97 Å². The fourth-order valence-corrected chi connectivity index (χ4v) is 2.37. The molecular weight excluding hydrogens is 334 g/mol. The van der Waals surface area contributed by atoms with E-state index in [1.165, 1.54) is 0 Å². The van der Waals surface area contributed by atoms with Gasteiger partial charge in [-0.3, -0.25) is 0 Å². The largest absolute Gasteiger partial charge is 0.460 e. The second-order valence-corrected chi connectivity index (χ2v) is 5.98. The van der Waals surface area contributed by atoms with Crippen molar-refractivity contribution >= 4 is 21.9 Å². The third kappa shape index (κ3) is 3.35. The van der Waals surface area contributed by atoms with Crippen molar-refractivity contribution in [2.75, 3.05) is 6.61 Å². The van der Waals surface area contributed by atoms with Gasteiger partial charge in [-0.15, -0.1) is 0 Å². The van der Waals surface area contributed by atoms with Crippen LogP contribution in [0.4, 0.5) is 0 Å². The van der Waals surface area contributed by atoms with Crippen LogP contribution in [0.3, 0.4) is 0 Å². The Labute approximate surface area is 132 Å². The van der Waals surface area contributed by atoms with E-state index in [4.69, 9.17) is 9.15 Å². The van der Waals surface area contributed by atoms with Crippen LogP contribution in [0.5, 0.6) is 0 Å². The number of aromatic nitrogens is 1. The van der Waals surface area contributed by atoms with Crippen molar-refractivity contribution in [1.82, 2.24) is 4.98 Å². The smallest absolute Gasteiger partial charge is 0.376 e. The fourth-order valence-electron chi connectivity index (χ4n) is 2.01. The molecular formula is C16H18BrNO3. The number of carbonyl (C=O) groups excluding carboxylic acids is 1. The molecule has 112 valence electrons. The maximum Gasteiger partial charge on any atom is 0.376 e. The topological polar surface area (TPSA) is 52.3 Å². The van der Waals surface area contributed by atoms with Gasteiger partial charge < -0.3 is 9.15 Å². The van der Waals surface area contributed by atoms with Crippen LogP contribution in [-0.4, -0.2) is 17.6 Å². The minimum absolute atomic E-state index is 0.0781. The van der Waals surface area contributed by atoms with Gasteiger partial charge in [-0.25, -0.2) is 9.78 Å². The normalized spacial score (nSPS) is 11.0. The quantitative estimate of drug-likeness (QED) is 0.748. The zero-order valence-corrected chi connectivity index (χ0v) is 14.2. The van der Waals surface area contributed by atoms with E-state index in [9.17, 15) is 4.79 Å². The second kappa shape index (κ2) is 6.43. The highest BCUT2D eigenvalue weighted by molar-refractivity contribution is 9.10.